The molecule has 2 unspecified atom stereocenters. The molecule has 3 fully saturated rings. The highest BCUT2D eigenvalue weighted by molar-refractivity contribution is 6.74. The minimum Gasteiger partial charge on any atom is -0.417 e. The van der Waals surface area contributed by atoms with Gasteiger partial charge in [0.2, 0.25) is 0 Å². The molecule has 23 heavy (non-hydrogen) atoms. The van der Waals surface area contributed by atoms with Crippen LogP contribution in [0.15, 0.2) is 0 Å². The van der Waals surface area contributed by atoms with Gasteiger partial charge in [-0.1, -0.05) is 41.5 Å². The van der Waals surface area contributed by atoms with Crippen LogP contribution in [0, 0.1) is 34.5 Å². The molecule has 5 atom stereocenters. The minimum atomic E-state index is -1.60. The molecule has 0 aromatic rings. The van der Waals surface area contributed by atoms with Crippen LogP contribution in [0.25, 0.3) is 0 Å². The SMILES string of the molecule is C[C@@H]1CC[C@H]2C(CO[Si](C)(C)C(C)(C)C)CC3CC(C)(C)C[C@]312. The van der Waals surface area contributed by atoms with E-state index in [9.17, 15) is 0 Å². The Morgan fingerprint density at radius 3 is 2.39 bits per heavy atom. The smallest absolute Gasteiger partial charge is 0.191 e. The van der Waals surface area contributed by atoms with Gasteiger partial charge in [-0.25, -0.2) is 0 Å². The van der Waals surface area contributed by atoms with Crippen molar-refractivity contribution in [3.63, 3.8) is 0 Å². The second kappa shape index (κ2) is 5.33. The van der Waals surface area contributed by atoms with Crippen LogP contribution in [0.4, 0.5) is 0 Å². The van der Waals surface area contributed by atoms with E-state index in [1.54, 1.807) is 0 Å². The maximum absolute atomic E-state index is 6.67. The topological polar surface area (TPSA) is 9.23 Å². The fourth-order valence-corrected chi connectivity index (χ4v) is 7.53. The molecule has 0 heterocycles. The van der Waals surface area contributed by atoms with E-state index in [-0.39, 0.29) is 0 Å². The molecule has 0 saturated heterocycles. The standard InChI is InChI=1S/C21H40OSi/c1-15-9-10-18-16(13-22-23(7,8)19(2,3)4)11-17-12-20(5,6)14-21(15,17)18/h15-18H,9-14H2,1-8H3/t15-,16?,17?,18+,21-/m1/s1. The van der Waals surface area contributed by atoms with Gasteiger partial charge < -0.3 is 4.43 Å². The molecule has 0 N–H and O–H groups in total. The average Bonchev–Trinajstić information content (AvgIpc) is 2.92. The van der Waals surface area contributed by atoms with Crippen molar-refractivity contribution in [1.82, 2.24) is 0 Å². The van der Waals surface area contributed by atoms with Gasteiger partial charge in [-0.15, -0.1) is 0 Å². The van der Waals surface area contributed by atoms with E-state index in [0.717, 1.165) is 30.3 Å². The van der Waals surface area contributed by atoms with Crippen LogP contribution in [0.5, 0.6) is 0 Å². The zero-order valence-electron chi connectivity index (χ0n) is 17.0. The molecule has 2 heteroatoms. The first kappa shape index (κ1) is 18.0. The van der Waals surface area contributed by atoms with Crippen LogP contribution in [0.1, 0.15) is 73.6 Å². The van der Waals surface area contributed by atoms with E-state index in [1.807, 2.05) is 0 Å². The molecule has 0 aliphatic heterocycles. The number of hydrogen-bond acceptors (Lipinski definition) is 1. The van der Waals surface area contributed by atoms with E-state index >= 15 is 0 Å². The Morgan fingerprint density at radius 2 is 1.78 bits per heavy atom. The third-order valence-corrected chi connectivity index (χ3v) is 13.0. The van der Waals surface area contributed by atoms with E-state index in [1.165, 1.54) is 32.1 Å². The van der Waals surface area contributed by atoms with Crippen molar-refractivity contribution < 1.29 is 4.43 Å². The Morgan fingerprint density at radius 1 is 1.13 bits per heavy atom. The Balaban J connectivity index is 1.74. The fraction of sp³-hybridized carbons (Fsp3) is 1.00. The van der Waals surface area contributed by atoms with E-state index < -0.39 is 8.32 Å². The summed E-state index contributed by atoms with van der Waals surface area (Å²) in [4.78, 5) is 0. The molecule has 0 aromatic heterocycles. The van der Waals surface area contributed by atoms with E-state index in [4.69, 9.17) is 4.43 Å². The van der Waals surface area contributed by atoms with Gasteiger partial charge in [-0.3, -0.25) is 0 Å². The summed E-state index contributed by atoms with van der Waals surface area (Å²) in [5.41, 5.74) is 1.25. The first-order valence-electron chi connectivity index (χ1n) is 10.0. The Labute approximate surface area is 146 Å². The van der Waals surface area contributed by atoms with Crippen LogP contribution in [-0.2, 0) is 4.43 Å². The summed E-state index contributed by atoms with van der Waals surface area (Å²) in [6.07, 6.45) is 7.33. The predicted octanol–water partition coefficient (Wildman–Crippen LogP) is 6.50. The number of rotatable bonds is 3. The van der Waals surface area contributed by atoms with Gasteiger partial charge in [0.05, 0.1) is 0 Å². The van der Waals surface area contributed by atoms with Gasteiger partial charge in [0.1, 0.15) is 0 Å². The van der Waals surface area contributed by atoms with Crippen molar-refractivity contribution in [3.8, 4) is 0 Å². The highest BCUT2D eigenvalue weighted by Crippen LogP contribution is 2.72. The second-order valence-corrected chi connectivity index (χ2v) is 16.3. The monoisotopic (exact) mass is 336 g/mol. The molecule has 3 rings (SSSR count). The largest absolute Gasteiger partial charge is 0.417 e. The lowest BCUT2D eigenvalue weighted by molar-refractivity contribution is 0.0994. The zero-order chi connectivity index (χ0) is 17.3. The van der Waals surface area contributed by atoms with Gasteiger partial charge in [-0.2, -0.15) is 0 Å². The molecule has 0 radical (unpaired) electrons. The Kier molecular flexibility index (Phi) is 4.17. The molecule has 1 nitrogen and oxygen atoms in total. The highest BCUT2D eigenvalue weighted by Gasteiger charge is 2.65. The minimum absolute atomic E-state index is 0.337. The Bertz CT molecular complexity index is 461. The van der Waals surface area contributed by atoms with Gasteiger partial charge in [0, 0.05) is 6.61 Å². The molecule has 3 saturated carbocycles. The van der Waals surface area contributed by atoms with Crippen molar-refractivity contribution >= 4 is 8.32 Å². The van der Waals surface area contributed by atoms with E-state index in [0.29, 0.717) is 15.9 Å². The van der Waals surface area contributed by atoms with Crippen LogP contribution in [-0.4, -0.2) is 14.9 Å². The molecule has 0 aromatic carbocycles. The molecule has 0 amide bonds. The van der Waals surface area contributed by atoms with Crippen molar-refractivity contribution in [2.24, 2.45) is 34.5 Å². The summed E-state index contributed by atoms with van der Waals surface area (Å²) in [7, 11) is -1.60. The molecule has 134 valence electrons. The first-order chi connectivity index (χ1) is 10.4. The normalized spacial score (nSPS) is 42.8. The van der Waals surface area contributed by atoms with Crippen molar-refractivity contribution in [2.75, 3.05) is 6.61 Å². The summed E-state index contributed by atoms with van der Waals surface area (Å²) in [5, 5.41) is 0.337. The van der Waals surface area contributed by atoms with Crippen LogP contribution >= 0.6 is 0 Å². The van der Waals surface area contributed by atoms with Crippen molar-refractivity contribution in [3.05, 3.63) is 0 Å². The van der Waals surface area contributed by atoms with Crippen LogP contribution in [0.2, 0.25) is 18.1 Å². The maximum atomic E-state index is 6.67. The molecule has 3 aliphatic carbocycles. The fourth-order valence-electron chi connectivity index (χ4n) is 6.47. The molecule has 0 bridgehead atoms. The molecule has 3 aliphatic rings. The lowest BCUT2D eigenvalue weighted by Gasteiger charge is -2.39. The van der Waals surface area contributed by atoms with Gasteiger partial charge >= 0.3 is 0 Å². The first-order valence-corrected chi connectivity index (χ1v) is 12.9. The summed E-state index contributed by atoms with van der Waals surface area (Å²) in [6, 6.07) is 0. The number of hydrogen-bond donors (Lipinski definition) is 0. The maximum Gasteiger partial charge on any atom is 0.191 e. The summed E-state index contributed by atoms with van der Waals surface area (Å²) in [5.74, 6) is 3.72. The molecular formula is C21H40OSi. The highest BCUT2D eigenvalue weighted by atomic mass is 28.4. The molecule has 1 spiro atoms. The Hall–Kier alpha value is 0.177. The van der Waals surface area contributed by atoms with Crippen LogP contribution in [0.3, 0.4) is 0 Å². The second-order valence-electron chi connectivity index (χ2n) is 11.5. The third-order valence-electron chi connectivity index (χ3n) is 8.48. The molecular weight excluding hydrogens is 296 g/mol. The third kappa shape index (κ3) is 2.76. The lowest BCUT2D eigenvalue weighted by Crippen LogP contribution is -2.42. The summed E-state index contributed by atoms with van der Waals surface area (Å²) >= 11 is 0. The quantitative estimate of drug-likeness (QED) is 0.535. The van der Waals surface area contributed by atoms with Gasteiger partial charge in [-0.05, 0) is 84.7 Å². The van der Waals surface area contributed by atoms with Gasteiger partial charge in [0.25, 0.3) is 0 Å². The van der Waals surface area contributed by atoms with Crippen molar-refractivity contribution in [2.45, 2.75) is 91.8 Å². The summed E-state index contributed by atoms with van der Waals surface area (Å²) < 4.78 is 6.67. The van der Waals surface area contributed by atoms with Gasteiger partial charge in [0.15, 0.2) is 8.32 Å². The average molecular weight is 337 g/mol. The van der Waals surface area contributed by atoms with Crippen molar-refractivity contribution in [1.29, 1.82) is 0 Å². The van der Waals surface area contributed by atoms with Crippen LogP contribution < -0.4 is 0 Å². The lowest BCUT2D eigenvalue weighted by atomic mass is 9.68. The van der Waals surface area contributed by atoms with E-state index in [2.05, 4.69) is 54.6 Å². The zero-order valence-corrected chi connectivity index (χ0v) is 18.0. The summed E-state index contributed by atoms with van der Waals surface area (Å²) in [6.45, 7) is 20.6. The predicted molar refractivity (Wildman–Crippen MR) is 102 cm³/mol.